The molecule has 2 rings (SSSR count). The third-order valence-electron chi connectivity index (χ3n) is 2.74. The Morgan fingerprint density at radius 1 is 1.19 bits per heavy atom. The molecule has 0 saturated heterocycles. The van der Waals surface area contributed by atoms with Gasteiger partial charge in [-0.3, -0.25) is 0 Å². The molecule has 1 heterocycles. The molecule has 0 spiro atoms. The number of nitrogens with zero attached hydrogens (tertiary/aromatic N) is 2. The van der Waals surface area contributed by atoms with Crippen LogP contribution in [0.3, 0.4) is 0 Å². The van der Waals surface area contributed by atoms with Gasteiger partial charge in [-0.15, -0.1) is 0 Å². The van der Waals surface area contributed by atoms with Crippen molar-refractivity contribution in [2.75, 3.05) is 11.8 Å². The Kier molecular flexibility index (Phi) is 4.34. The predicted octanol–water partition coefficient (Wildman–Crippen LogP) is 2.56. The molecule has 0 bridgehead atoms. The molecule has 0 atom stereocenters. The highest BCUT2D eigenvalue weighted by molar-refractivity contribution is 7.92. The number of anilines is 1. The molecule has 6 nitrogen and oxygen atoms in total. The summed E-state index contributed by atoms with van der Waals surface area (Å²) in [7, 11) is -2.39. The second-order valence-electron chi connectivity index (χ2n) is 4.43. The van der Waals surface area contributed by atoms with E-state index < -0.39 is 10.0 Å². The summed E-state index contributed by atoms with van der Waals surface area (Å²) in [5.74, 6) is 0.0360. The molecule has 21 heavy (non-hydrogen) atoms. The van der Waals surface area contributed by atoms with Crippen LogP contribution in [-0.2, 0) is 10.0 Å². The molecule has 0 amide bonds. The normalized spacial score (nSPS) is 11.2. The van der Waals surface area contributed by atoms with Gasteiger partial charge in [0.25, 0.3) is 10.0 Å². The van der Waals surface area contributed by atoms with Crippen LogP contribution in [0.4, 0.5) is 5.95 Å². The lowest BCUT2D eigenvalue weighted by Gasteiger charge is -2.10. The molecule has 1 aromatic carbocycles. The Hall–Kier alpha value is -1.86. The van der Waals surface area contributed by atoms with E-state index in [1.165, 1.54) is 13.2 Å². The highest BCUT2D eigenvalue weighted by Gasteiger charge is 2.19. The number of benzene rings is 1. The number of aryl methyl sites for hydroxylation is 2. The lowest BCUT2D eigenvalue weighted by molar-refractivity contribution is 0.397. The molecule has 0 aliphatic heterocycles. The third-order valence-corrected chi connectivity index (χ3v) is 4.40. The van der Waals surface area contributed by atoms with Gasteiger partial charge >= 0.3 is 0 Å². The molecule has 0 radical (unpaired) electrons. The molecule has 0 saturated carbocycles. The van der Waals surface area contributed by atoms with E-state index in [0.29, 0.717) is 5.56 Å². The van der Waals surface area contributed by atoms with Crippen LogP contribution >= 0.6 is 11.6 Å². The number of rotatable bonds is 4. The van der Waals surface area contributed by atoms with Gasteiger partial charge in [0.1, 0.15) is 5.15 Å². The second kappa shape index (κ2) is 5.87. The summed E-state index contributed by atoms with van der Waals surface area (Å²) in [6.45, 7) is 3.53. The van der Waals surface area contributed by atoms with E-state index in [-0.39, 0.29) is 21.9 Å². The number of ether oxygens (including phenoxy) is 1. The molecule has 0 unspecified atom stereocenters. The van der Waals surface area contributed by atoms with Gasteiger partial charge in [0, 0.05) is 6.07 Å². The smallest absolute Gasteiger partial charge is 0.264 e. The van der Waals surface area contributed by atoms with Crippen LogP contribution in [0.2, 0.25) is 5.15 Å². The van der Waals surface area contributed by atoms with Crippen molar-refractivity contribution in [2.24, 2.45) is 0 Å². The van der Waals surface area contributed by atoms with Gasteiger partial charge in [0.2, 0.25) is 11.8 Å². The first kappa shape index (κ1) is 15.5. The summed E-state index contributed by atoms with van der Waals surface area (Å²) in [5.41, 5.74) is 1.47. The lowest BCUT2D eigenvalue weighted by Crippen LogP contribution is -2.16. The number of nitrogens with one attached hydrogen (secondary N) is 1. The molecule has 1 N–H and O–H groups in total. The molecule has 112 valence electrons. The molecule has 8 heteroatoms. The molecule has 0 aliphatic carbocycles. The van der Waals surface area contributed by atoms with E-state index >= 15 is 0 Å². The first-order valence-electron chi connectivity index (χ1n) is 6.00. The molecular formula is C13H14ClN3O3S. The number of methoxy groups -OCH3 is 1. The second-order valence-corrected chi connectivity index (χ2v) is 6.47. The number of hydrogen-bond acceptors (Lipinski definition) is 5. The minimum atomic E-state index is -3.80. The van der Waals surface area contributed by atoms with E-state index in [1.54, 1.807) is 19.1 Å². The minimum absolute atomic E-state index is 0.0838. The van der Waals surface area contributed by atoms with Gasteiger partial charge in [0.15, 0.2) is 0 Å². The lowest BCUT2D eigenvalue weighted by atomic mass is 10.2. The van der Waals surface area contributed by atoms with Crippen LogP contribution in [-0.4, -0.2) is 25.5 Å². The van der Waals surface area contributed by atoms with Crippen LogP contribution in [0.15, 0.2) is 29.2 Å². The zero-order chi connectivity index (χ0) is 15.6. The number of sulfonamides is 1. The highest BCUT2D eigenvalue weighted by atomic mass is 35.5. The summed E-state index contributed by atoms with van der Waals surface area (Å²) in [4.78, 5) is 7.91. The summed E-state index contributed by atoms with van der Waals surface area (Å²) in [6.07, 6.45) is 0. The number of hydrogen-bond donors (Lipinski definition) is 1. The van der Waals surface area contributed by atoms with E-state index in [0.717, 1.165) is 5.56 Å². The first-order chi connectivity index (χ1) is 9.81. The average Bonchev–Trinajstić information content (AvgIpc) is 2.40. The van der Waals surface area contributed by atoms with Crippen LogP contribution < -0.4 is 9.46 Å². The van der Waals surface area contributed by atoms with Crippen molar-refractivity contribution in [1.82, 2.24) is 9.97 Å². The quantitative estimate of drug-likeness (QED) is 0.873. The molecular weight excluding hydrogens is 314 g/mol. The van der Waals surface area contributed by atoms with Crippen molar-refractivity contribution < 1.29 is 13.2 Å². The zero-order valence-corrected chi connectivity index (χ0v) is 13.3. The average molecular weight is 328 g/mol. The van der Waals surface area contributed by atoms with Crippen LogP contribution in [0.1, 0.15) is 11.1 Å². The van der Waals surface area contributed by atoms with E-state index in [9.17, 15) is 8.42 Å². The van der Waals surface area contributed by atoms with Crippen LogP contribution in [0, 0.1) is 13.8 Å². The fourth-order valence-corrected chi connectivity index (χ4v) is 3.17. The summed E-state index contributed by atoms with van der Waals surface area (Å²) < 4.78 is 32.1. The zero-order valence-electron chi connectivity index (χ0n) is 11.7. The largest absolute Gasteiger partial charge is 0.481 e. The summed E-state index contributed by atoms with van der Waals surface area (Å²) in [6, 6.07) is 6.55. The van der Waals surface area contributed by atoms with Crippen molar-refractivity contribution in [3.05, 3.63) is 40.5 Å². The fourth-order valence-electron chi connectivity index (χ4n) is 1.72. The third kappa shape index (κ3) is 3.62. The van der Waals surface area contributed by atoms with Crippen molar-refractivity contribution in [1.29, 1.82) is 0 Å². The van der Waals surface area contributed by atoms with E-state index in [1.807, 2.05) is 13.0 Å². The molecule has 0 fully saturated rings. The number of halogens is 1. The molecule has 2 aromatic rings. The molecule has 1 aromatic heterocycles. The molecule has 0 aliphatic rings. The van der Waals surface area contributed by atoms with Gasteiger partial charge < -0.3 is 4.74 Å². The van der Waals surface area contributed by atoms with Gasteiger partial charge in [0.05, 0.1) is 12.0 Å². The maximum absolute atomic E-state index is 12.4. The maximum atomic E-state index is 12.4. The first-order valence-corrected chi connectivity index (χ1v) is 7.86. The standard InChI is InChI=1S/C13H14ClN3O3S/c1-8-4-5-9(2)10(6-8)21(18,19)17-13-15-11(14)7-12(16-13)20-3/h4-7H,1-3H3,(H,15,16,17). The van der Waals surface area contributed by atoms with Crippen molar-refractivity contribution >= 4 is 27.6 Å². The summed E-state index contributed by atoms with van der Waals surface area (Å²) in [5, 5.41) is 0.0838. The summed E-state index contributed by atoms with van der Waals surface area (Å²) >= 11 is 5.79. The Bertz CT molecular complexity index is 778. The van der Waals surface area contributed by atoms with Gasteiger partial charge in [-0.05, 0) is 31.0 Å². The van der Waals surface area contributed by atoms with Crippen molar-refractivity contribution in [3.8, 4) is 5.88 Å². The van der Waals surface area contributed by atoms with E-state index in [4.69, 9.17) is 16.3 Å². The van der Waals surface area contributed by atoms with Crippen molar-refractivity contribution in [3.63, 3.8) is 0 Å². The monoisotopic (exact) mass is 327 g/mol. The minimum Gasteiger partial charge on any atom is -0.481 e. The SMILES string of the molecule is COc1cc(Cl)nc(NS(=O)(=O)c2cc(C)ccc2C)n1. The Labute approximate surface area is 128 Å². The van der Waals surface area contributed by atoms with Crippen molar-refractivity contribution in [2.45, 2.75) is 18.7 Å². The Morgan fingerprint density at radius 3 is 2.57 bits per heavy atom. The number of aromatic nitrogens is 2. The van der Waals surface area contributed by atoms with Gasteiger partial charge in [-0.1, -0.05) is 23.7 Å². The van der Waals surface area contributed by atoms with Gasteiger partial charge in [-0.2, -0.15) is 4.98 Å². The van der Waals surface area contributed by atoms with Crippen LogP contribution in [0.5, 0.6) is 5.88 Å². The topological polar surface area (TPSA) is 81.2 Å². The Morgan fingerprint density at radius 2 is 1.90 bits per heavy atom. The highest BCUT2D eigenvalue weighted by Crippen LogP contribution is 2.21. The maximum Gasteiger partial charge on any atom is 0.264 e. The van der Waals surface area contributed by atoms with Crippen LogP contribution in [0.25, 0.3) is 0 Å². The van der Waals surface area contributed by atoms with E-state index in [2.05, 4.69) is 14.7 Å². The Balaban J connectivity index is 2.42. The van der Waals surface area contributed by atoms with Gasteiger partial charge in [-0.25, -0.2) is 18.1 Å². The fraction of sp³-hybridized carbons (Fsp3) is 0.231. The predicted molar refractivity (Wildman–Crippen MR) is 80.3 cm³/mol.